The van der Waals surface area contributed by atoms with E-state index in [1.54, 1.807) is 0 Å². The molecule has 2 heterocycles. The lowest BCUT2D eigenvalue weighted by Gasteiger charge is -2.32. The summed E-state index contributed by atoms with van der Waals surface area (Å²) < 4.78 is 37.2. The Labute approximate surface area is 123 Å². The zero-order valence-corrected chi connectivity index (χ0v) is 11.5. The number of nitrogens with one attached hydrogen (secondary N) is 2. The third-order valence-corrected chi connectivity index (χ3v) is 3.30. The molecule has 1 fully saturated rings. The van der Waals surface area contributed by atoms with Crippen LogP contribution in [0, 0.1) is 5.92 Å². The van der Waals surface area contributed by atoms with Gasteiger partial charge in [0, 0.05) is 6.54 Å². The van der Waals surface area contributed by atoms with E-state index in [1.165, 1.54) is 4.90 Å². The predicted molar refractivity (Wildman–Crippen MR) is 68.7 cm³/mol. The summed E-state index contributed by atoms with van der Waals surface area (Å²) >= 11 is 0. The lowest BCUT2D eigenvalue weighted by molar-refractivity contribution is -0.151. The number of carbonyl (C=O) groups excluding carboxylic acids is 2. The highest BCUT2D eigenvalue weighted by Crippen LogP contribution is 2.23. The van der Waals surface area contributed by atoms with Gasteiger partial charge in [-0.3, -0.25) is 14.5 Å². The van der Waals surface area contributed by atoms with Gasteiger partial charge in [0.25, 0.3) is 5.91 Å². The molecule has 1 aliphatic heterocycles. The third kappa shape index (κ3) is 4.16. The van der Waals surface area contributed by atoms with Crippen molar-refractivity contribution in [1.82, 2.24) is 20.3 Å². The summed E-state index contributed by atoms with van der Waals surface area (Å²) in [7, 11) is 0. The first kappa shape index (κ1) is 16.2. The molecule has 122 valence electrons. The molecular weight excluding hydrogens is 305 g/mol. The van der Waals surface area contributed by atoms with Gasteiger partial charge >= 0.3 is 6.18 Å². The Kier molecular flexibility index (Phi) is 4.64. The van der Waals surface area contributed by atoms with Crippen LogP contribution in [0.15, 0.2) is 0 Å². The molecule has 11 heteroatoms. The van der Waals surface area contributed by atoms with Crippen LogP contribution in [0.25, 0.3) is 0 Å². The minimum Gasteiger partial charge on any atom is -0.364 e. The van der Waals surface area contributed by atoms with Crippen molar-refractivity contribution in [2.45, 2.75) is 19.0 Å². The van der Waals surface area contributed by atoms with Crippen LogP contribution < -0.4 is 11.1 Å². The normalized spacial score (nSPS) is 19.9. The Hall–Kier alpha value is -2.17. The highest BCUT2D eigenvalue weighted by atomic mass is 19.4. The molecule has 1 atom stereocenters. The van der Waals surface area contributed by atoms with Crippen LogP contribution in [0.4, 0.5) is 19.0 Å². The van der Waals surface area contributed by atoms with Crippen LogP contribution in [0.2, 0.25) is 0 Å². The van der Waals surface area contributed by atoms with E-state index in [0.717, 1.165) is 0 Å². The van der Waals surface area contributed by atoms with Crippen molar-refractivity contribution in [3.8, 4) is 0 Å². The number of hydrogen-bond acceptors (Lipinski definition) is 5. The largest absolute Gasteiger partial charge is 0.401 e. The molecule has 0 saturated carbocycles. The van der Waals surface area contributed by atoms with Crippen LogP contribution >= 0.6 is 0 Å². The first-order valence-electron chi connectivity index (χ1n) is 6.57. The fraction of sp³-hybridized carbons (Fsp3) is 0.636. The molecule has 22 heavy (non-hydrogen) atoms. The Morgan fingerprint density at radius 2 is 2.14 bits per heavy atom. The molecule has 2 rings (SSSR count). The average molecular weight is 320 g/mol. The van der Waals surface area contributed by atoms with Gasteiger partial charge in [-0.1, -0.05) is 0 Å². The quantitative estimate of drug-likeness (QED) is 0.728. The van der Waals surface area contributed by atoms with Crippen LogP contribution in [-0.2, 0) is 4.79 Å². The molecule has 8 nitrogen and oxygen atoms in total. The number of alkyl halides is 3. The number of halogens is 3. The second-order valence-corrected chi connectivity index (χ2v) is 5.06. The van der Waals surface area contributed by atoms with Gasteiger partial charge < -0.3 is 11.1 Å². The van der Waals surface area contributed by atoms with Crippen LogP contribution in [0.3, 0.4) is 0 Å². The number of H-pyrrole nitrogens is 1. The van der Waals surface area contributed by atoms with Crippen LogP contribution in [0.5, 0.6) is 0 Å². The number of nitrogens with two attached hydrogens (primary N) is 1. The Morgan fingerprint density at radius 1 is 1.41 bits per heavy atom. The lowest BCUT2D eigenvalue weighted by Crippen LogP contribution is -2.44. The molecule has 2 amide bonds. The zero-order chi connectivity index (χ0) is 16.3. The van der Waals surface area contributed by atoms with Gasteiger partial charge in [-0.05, 0) is 19.4 Å². The average Bonchev–Trinajstić information content (AvgIpc) is 2.85. The maximum atomic E-state index is 12.4. The molecule has 1 aliphatic rings. The third-order valence-electron chi connectivity index (χ3n) is 3.30. The number of rotatable bonds is 4. The summed E-state index contributed by atoms with van der Waals surface area (Å²) in [5.41, 5.74) is 4.83. The van der Waals surface area contributed by atoms with E-state index in [4.69, 9.17) is 5.73 Å². The van der Waals surface area contributed by atoms with Gasteiger partial charge in [0.1, 0.15) is 0 Å². The molecule has 0 bridgehead atoms. The Morgan fingerprint density at radius 3 is 2.77 bits per heavy atom. The summed E-state index contributed by atoms with van der Waals surface area (Å²) in [5.74, 6) is -2.12. The number of nitrogens with zero attached hydrogens (tertiary/aromatic N) is 3. The first-order chi connectivity index (χ1) is 10.3. The van der Waals surface area contributed by atoms with Crippen molar-refractivity contribution in [3.63, 3.8) is 0 Å². The van der Waals surface area contributed by atoms with Crippen molar-refractivity contribution in [1.29, 1.82) is 0 Å². The van der Waals surface area contributed by atoms with Crippen LogP contribution in [0.1, 0.15) is 23.3 Å². The maximum Gasteiger partial charge on any atom is 0.401 e. The van der Waals surface area contributed by atoms with E-state index in [0.29, 0.717) is 19.4 Å². The maximum absolute atomic E-state index is 12.4. The van der Waals surface area contributed by atoms with E-state index in [-0.39, 0.29) is 18.1 Å². The second-order valence-electron chi connectivity index (χ2n) is 5.06. The fourth-order valence-corrected chi connectivity index (χ4v) is 2.38. The Balaban J connectivity index is 1.97. The van der Waals surface area contributed by atoms with E-state index in [2.05, 4.69) is 20.7 Å². The minimum absolute atomic E-state index is 0.00486. The van der Waals surface area contributed by atoms with Crippen molar-refractivity contribution >= 4 is 17.6 Å². The van der Waals surface area contributed by atoms with Crippen molar-refractivity contribution in [2.75, 3.05) is 25.0 Å². The molecule has 0 unspecified atom stereocenters. The molecule has 4 N–H and O–H groups in total. The highest BCUT2D eigenvalue weighted by molar-refractivity contribution is 6.00. The molecule has 0 aliphatic carbocycles. The molecule has 1 saturated heterocycles. The minimum atomic E-state index is -4.30. The van der Waals surface area contributed by atoms with Crippen molar-refractivity contribution in [2.24, 2.45) is 11.7 Å². The van der Waals surface area contributed by atoms with Crippen molar-refractivity contribution in [3.05, 3.63) is 5.69 Å². The van der Waals surface area contributed by atoms with Gasteiger partial charge in [-0.25, -0.2) is 0 Å². The number of aromatic nitrogens is 3. The van der Waals surface area contributed by atoms with E-state index in [1.807, 2.05) is 0 Å². The summed E-state index contributed by atoms with van der Waals surface area (Å²) in [5, 5.41) is 11.6. The lowest BCUT2D eigenvalue weighted by atomic mass is 9.97. The monoisotopic (exact) mass is 320 g/mol. The molecule has 1 aromatic rings. The van der Waals surface area contributed by atoms with Gasteiger partial charge in [-0.15, -0.1) is 10.2 Å². The SMILES string of the molecule is NC(=O)c1n[nH]nc1NC(=O)[C@H]1CCCN(CC(F)(F)F)C1. The first-order valence-corrected chi connectivity index (χ1v) is 6.57. The molecule has 1 aromatic heterocycles. The molecule has 0 radical (unpaired) electrons. The number of aromatic amines is 1. The van der Waals surface area contributed by atoms with Gasteiger partial charge in [0.15, 0.2) is 11.5 Å². The number of piperidine rings is 1. The van der Waals surface area contributed by atoms with Crippen LogP contribution in [-0.4, -0.2) is 57.9 Å². The number of anilines is 1. The van der Waals surface area contributed by atoms with E-state index >= 15 is 0 Å². The van der Waals surface area contributed by atoms with E-state index < -0.39 is 30.5 Å². The highest BCUT2D eigenvalue weighted by Gasteiger charge is 2.35. The number of amides is 2. The standard InChI is InChI=1S/C11H15F3N6O2/c12-11(13,14)5-20-3-1-2-6(4-20)10(22)16-9-7(8(15)21)17-19-18-9/h6H,1-5H2,(H2,15,21)(H2,16,17,18,19,22)/t6-/m0/s1. The summed E-state index contributed by atoms with van der Waals surface area (Å²) in [6.45, 7) is -0.762. The smallest absolute Gasteiger partial charge is 0.364 e. The van der Waals surface area contributed by atoms with Crippen molar-refractivity contribution < 1.29 is 22.8 Å². The van der Waals surface area contributed by atoms with Gasteiger partial charge in [0.2, 0.25) is 5.91 Å². The number of carbonyl (C=O) groups is 2. The predicted octanol–water partition coefficient (Wildman–Crippen LogP) is 0.116. The topological polar surface area (TPSA) is 117 Å². The molecular formula is C11H15F3N6O2. The number of primary amides is 1. The zero-order valence-electron chi connectivity index (χ0n) is 11.5. The van der Waals surface area contributed by atoms with E-state index in [9.17, 15) is 22.8 Å². The molecule has 0 spiro atoms. The van der Waals surface area contributed by atoms with Gasteiger partial charge in [0.05, 0.1) is 12.5 Å². The molecule has 0 aromatic carbocycles. The second kappa shape index (κ2) is 6.30. The van der Waals surface area contributed by atoms with Gasteiger partial charge in [-0.2, -0.15) is 18.4 Å². The fourth-order valence-electron chi connectivity index (χ4n) is 2.38. The summed E-state index contributed by atoms with van der Waals surface area (Å²) in [6, 6.07) is 0. The summed E-state index contributed by atoms with van der Waals surface area (Å²) in [4.78, 5) is 24.3. The number of hydrogen-bond donors (Lipinski definition) is 3. The number of likely N-dealkylation sites (tertiary alicyclic amines) is 1. The Bertz CT molecular complexity index is 558. The summed E-state index contributed by atoms with van der Waals surface area (Å²) in [6.07, 6.45) is -3.36.